The van der Waals surface area contributed by atoms with Gasteiger partial charge in [0.05, 0.1) is 23.1 Å². The zero-order valence-electron chi connectivity index (χ0n) is 15.0. The topological polar surface area (TPSA) is 32.7 Å². The lowest BCUT2D eigenvalue weighted by atomic mass is 9.96. The molecule has 1 atom stereocenters. The lowest BCUT2D eigenvalue weighted by Gasteiger charge is -2.30. The van der Waals surface area contributed by atoms with Crippen molar-refractivity contribution in [3.8, 4) is 0 Å². The van der Waals surface area contributed by atoms with Gasteiger partial charge in [0.1, 0.15) is 0 Å². The second-order valence-electron chi connectivity index (χ2n) is 6.57. The molecule has 27 heavy (non-hydrogen) atoms. The molecule has 0 radical (unpaired) electrons. The maximum atomic E-state index is 12.7. The van der Waals surface area contributed by atoms with Gasteiger partial charge in [-0.2, -0.15) is 0 Å². The van der Waals surface area contributed by atoms with Crippen LogP contribution in [-0.4, -0.2) is 11.6 Å². The number of rotatable bonds is 2. The van der Waals surface area contributed by atoms with Crippen LogP contribution in [0.1, 0.15) is 30.5 Å². The number of nitrogens with zero attached hydrogens (tertiary/aromatic N) is 2. The monoisotopic (exact) mass is 418 g/mol. The van der Waals surface area contributed by atoms with Gasteiger partial charge in [0.2, 0.25) is 5.91 Å². The minimum Gasteiger partial charge on any atom is -0.303 e. The smallest absolute Gasteiger partial charge is 0.224 e. The zero-order valence-corrected chi connectivity index (χ0v) is 16.6. The van der Waals surface area contributed by atoms with Gasteiger partial charge < -0.3 is 4.90 Å². The second-order valence-corrected chi connectivity index (χ2v) is 7.49. The Labute approximate surface area is 167 Å². The van der Waals surface area contributed by atoms with Crippen molar-refractivity contribution < 1.29 is 4.79 Å². The largest absolute Gasteiger partial charge is 0.303 e. The van der Waals surface area contributed by atoms with Crippen LogP contribution in [0.3, 0.4) is 0 Å². The molecule has 3 aromatic carbocycles. The first-order valence-corrected chi connectivity index (χ1v) is 9.70. The van der Waals surface area contributed by atoms with Crippen LogP contribution in [0.2, 0.25) is 0 Å². The van der Waals surface area contributed by atoms with Crippen LogP contribution in [0, 0.1) is 0 Å². The predicted octanol–water partition coefficient (Wildman–Crippen LogP) is 6.07. The number of aliphatic imine (C=N–C) groups is 1. The molecule has 4 heteroatoms. The highest BCUT2D eigenvalue weighted by Crippen LogP contribution is 2.40. The van der Waals surface area contributed by atoms with E-state index in [-0.39, 0.29) is 11.9 Å². The van der Waals surface area contributed by atoms with E-state index < -0.39 is 0 Å². The van der Waals surface area contributed by atoms with Crippen molar-refractivity contribution in [1.82, 2.24) is 0 Å². The Hall–Kier alpha value is -2.72. The third-order valence-electron chi connectivity index (χ3n) is 4.80. The average molecular weight is 419 g/mol. The standard InChI is InChI=1S/C23H19BrN2O/c1-16(27)26-22-10-6-5-9-20(22)25-21(17-11-13-19(24)14-12-17)15-23(26)18-7-3-2-4-8-18/h2-14,23H,15H2,1H3. The third-order valence-corrected chi connectivity index (χ3v) is 5.32. The average Bonchev–Trinajstić information content (AvgIpc) is 2.86. The van der Waals surface area contributed by atoms with Crippen molar-refractivity contribution in [2.45, 2.75) is 19.4 Å². The summed E-state index contributed by atoms with van der Waals surface area (Å²) in [6.07, 6.45) is 0.653. The maximum absolute atomic E-state index is 12.7. The van der Waals surface area contributed by atoms with Gasteiger partial charge in [-0.25, -0.2) is 0 Å². The molecule has 3 aromatic rings. The number of benzene rings is 3. The van der Waals surface area contributed by atoms with Crippen molar-refractivity contribution >= 4 is 38.9 Å². The number of para-hydroxylation sites is 2. The summed E-state index contributed by atoms with van der Waals surface area (Å²) in [5, 5.41) is 0. The molecule has 0 saturated heterocycles. The molecule has 1 aliphatic rings. The van der Waals surface area contributed by atoms with Crippen LogP contribution in [0.25, 0.3) is 0 Å². The first kappa shape index (κ1) is 17.7. The van der Waals surface area contributed by atoms with E-state index in [1.54, 1.807) is 6.92 Å². The summed E-state index contributed by atoms with van der Waals surface area (Å²) >= 11 is 3.50. The number of hydrogen-bond donors (Lipinski definition) is 0. The highest BCUT2D eigenvalue weighted by molar-refractivity contribution is 9.10. The van der Waals surface area contributed by atoms with E-state index in [4.69, 9.17) is 4.99 Å². The summed E-state index contributed by atoms with van der Waals surface area (Å²) in [4.78, 5) is 19.5. The molecule has 0 N–H and O–H groups in total. The zero-order chi connectivity index (χ0) is 18.8. The molecule has 0 bridgehead atoms. The van der Waals surface area contributed by atoms with E-state index in [0.717, 1.165) is 32.7 Å². The van der Waals surface area contributed by atoms with Gasteiger partial charge >= 0.3 is 0 Å². The SMILES string of the molecule is CC(=O)N1c2ccccc2N=C(c2ccc(Br)cc2)CC1c1ccccc1. The Morgan fingerprint density at radius 2 is 1.63 bits per heavy atom. The Kier molecular flexibility index (Phi) is 4.90. The van der Waals surface area contributed by atoms with Gasteiger partial charge in [-0.15, -0.1) is 0 Å². The Bertz CT molecular complexity index is 996. The molecule has 0 aromatic heterocycles. The Balaban J connectivity index is 1.90. The number of carbonyl (C=O) groups is 1. The van der Waals surface area contributed by atoms with Crippen molar-refractivity contribution in [1.29, 1.82) is 0 Å². The quantitative estimate of drug-likeness (QED) is 0.497. The molecule has 0 fully saturated rings. The minimum atomic E-state index is -0.102. The number of halogens is 1. The molecule has 3 nitrogen and oxygen atoms in total. The molecule has 4 rings (SSSR count). The van der Waals surface area contributed by atoms with Crippen LogP contribution < -0.4 is 4.90 Å². The van der Waals surface area contributed by atoms with Crippen molar-refractivity contribution in [3.63, 3.8) is 0 Å². The molecule has 134 valence electrons. The number of hydrogen-bond acceptors (Lipinski definition) is 2. The Morgan fingerprint density at radius 1 is 0.963 bits per heavy atom. The summed E-state index contributed by atoms with van der Waals surface area (Å²) in [6, 6.07) is 26.1. The molecule has 1 unspecified atom stereocenters. The highest BCUT2D eigenvalue weighted by atomic mass is 79.9. The number of carbonyl (C=O) groups excluding carboxylic acids is 1. The summed E-state index contributed by atoms with van der Waals surface area (Å²) < 4.78 is 1.03. The van der Waals surface area contributed by atoms with Crippen molar-refractivity contribution in [3.05, 3.63) is 94.5 Å². The van der Waals surface area contributed by atoms with Gasteiger partial charge in [0.25, 0.3) is 0 Å². The van der Waals surface area contributed by atoms with Crippen LogP contribution in [-0.2, 0) is 4.79 Å². The fourth-order valence-electron chi connectivity index (χ4n) is 3.55. The summed E-state index contributed by atoms with van der Waals surface area (Å²) in [7, 11) is 0. The molecular formula is C23H19BrN2O. The van der Waals surface area contributed by atoms with Crippen molar-refractivity contribution in [2.75, 3.05) is 4.90 Å². The minimum absolute atomic E-state index is 0.0172. The van der Waals surface area contributed by atoms with E-state index in [1.807, 2.05) is 59.5 Å². The van der Waals surface area contributed by atoms with Crippen LogP contribution >= 0.6 is 15.9 Å². The van der Waals surface area contributed by atoms with E-state index in [1.165, 1.54) is 0 Å². The lowest BCUT2D eigenvalue weighted by Crippen LogP contribution is -2.33. The van der Waals surface area contributed by atoms with Crippen molar-refractivity contribution in [2.24, 2.45) is 4.99 Å². The van der Waals surface area contributed by atoms with Crippen LogP contribution in [0.15, 0.2) is 88.3 Å². The molecule has 1 aliphatic heterocycles. The number of amides is 1. The van der Waals surface area contributed by atoms with E-state index in [0.29, 0.717) is 6.42 Å². The molecule has 0 spiro atoms. The maximum Gasteiger partial charge on any atom is 0.224 e. The molecule has 0 saturated carbocycles. The number of anilines is 1. The fourth-order valence-corrected chi connectivity index (χ4v) is 3.82. The van der Waals surface area contributed by atoms with Gasteiger partial charge in [-0.1, -0.05) is 70.5 Å². The second kappa shape index (κ2) is 7.49. The predicted molar refractivity (Wildman–Crippen MR) is 114 cm³/mol. The molecule has 1 amide bonds. The first-order chi connectivity index (χ1) is 13.1. The van der Waals surface area contributed by atoms with E-state index in [2.05, 4.69) is 40.2 Å². The number of fused-ring (bicyclic) bond motifs is 1. The van der Waals surface area contributed by atoms with E-state index in [9.17, 15) is 4.79 Å². The third kappa shape index (κ3) is 3.58. The van der Waals surface area contributed by atoms with Gasteiger partial charge in [0.15, 0.2) is 0 Å². The van der Waals surface area contributed by atoms with Crippen LogP contribution in [0.5, 0.6) is 0 Å². The highest BCUT2D eigenvalue weighted by Gasteiger charge is 2.30. The van der Waals surface area contributed by atoms with E-state index >= 15 is 0 Å². The first-order valence-electron chi connectivity index (χ1n) is 8.91. The Morgan fingerprint density at radius 3 is 2.33 bits per heavy atom. The van der Waals surface area contributed by atoms with Gasteiger partial charge in [0, 0.05) is 17.8 Å². The van der Waals surface area contributed by atoms with Crippen LogP contribution in [0.4, 0.5) is 11.4 Å². The van der Waals surface area contributed by atoms with Gasteiger partial charge in [-0.3, -0.25) is 9.79 Å². The normalized spacial score (nSPS) is 16.3. The lowest BCUT2D eigenvalue weighted by molar-refractivity contribution is -0.117. The summed E-state index contributed by atoms with van der Waals surface area (Å²) in [6.45, 7) is 1.62. The summed E-state index contributed by atoms with van der Waals surface area (Å²) in [5.41, 5.74) is 4.83. The molecule has 0 aliphatic carbocycles. The fraction of sp³-hybridized carbons (Fsp3) is 0.130. The van der Waals surface area contributed by atoms with Gasteiger partial charge in [-0.05, 0) is 35.4 Å². The summed E-state index contributed by atoms with van der Waals surface area (Å²) in [5.74, 6) is 0.0172. The molecule has 1 heterocycles. The molecular weight excluding hydrogens is 400 g/mol.